The molecule has 2 N–H and O–H groups in total. The summed E-state index contributed by atoms with van der Waals surface area (Å²) in [6, 6.07) is 14.9. The van der Waals surface area contributed by atoms with Crippen LogP contribution in [0.25, 0.3) is 0 Å². The molecule has 1 atom stereocenters. The summed E-state index contributed by atoms with van der Waals surface area (Å²) < 4.78 is 28.0. The fraction of sp³-hybridized carbons (Fsp3) is 0.424. The molecule has 0 aromatic heterocycles. The fourth-order valence-corrected chi connectivity index (χ4v) is 5.42. The molecule has 1 aliphatic carbocycles. The lowest BCUT2D eigenvalue weighted by atomic mass is 9.78. The van der Waals surface area contributed by atoms with Gasteiger partial charge >= 0.3 is 6.03 Å². The highest BCUT2D eigenvalue weighted by Gasteiger charge is 2.30. The molecule has 6 heteroatoms. The molecular weight excluding hydrogens is 494 g/mol. The van der Waals surface area contributed by atoms with E-state index < -0.39 is 17.7 Å². The minimum atomic E-state index is -0.816. The number of carbonyl (C=O) groups excluding carboxylic acids is 1. The van der Waals surface area contributed by atoms with Gasteiger partial charge in [0.25, 0.3) is 0 Å². The van der Waals surface area contributed by atoms with Gasteiger partial charge in [-0.1, -0.05) is 65.8 Å². The Morgan fingerprint density at radius 2 is 1.56 bits per heavy atom. The molecule has 4 rings (SSSR count). The summed E-state index contributed by atoms with van der Waals surface area (Å²) in [7, 11) is 0. The Bertz CT molecular complexity index is 1320. The number of anilines is 1. The van der Waals surface area contributed by atoms with Gasteiger partial charge < -0.3 is 15.3 Å². The molecule has 0 radical (unpaired) electrons. The van der Waals surface area contributed by atoms with Crippen molar-refractivity contribution in [1.29, 1.82) is 0 Å². The largest absolute Gasteiger partial charge is 0.507 e. The molecular formula is C33H40F2N2O2. The number of nitrogens with zero attached hydrogens (tertiary/aromatic N) is 1. The van der Waals surface area contributed by atoms with Crippen molar-refractivity contribution in [2.24, 2.45) is 0 Å². The molecule has 3 aromatic carbocycles. The number of rotatable bonds is 4. The van der Waals surface area contributed by atoms with Gasteiger partial charge in [-0.2, -0.15) is 0 Å². The smallest absolute Gasteiger partial charge is 0.322 e. The highest BCUT2D eigenvalue weighted by molar-refractivity contribution is 5.89. The molecule has 0 saturated heterocycles. The van der Waals surface area contributed by atoms with Crippen LogP contribution >= 0.6 is 0 Å². The number of phenolic OH excluding ortho intramolecular Hbond substituents is 1. The Kier molecular flexibility index (Phi) is 8.06. The van der Waals surface area contributed by atoms with Gasteiger partial charge in [-0.15, -0.1) is 0 Å². The molecule has 0 heterocycles. The number of amides is 2. The van der Waals surface area contributed by atoms with Crippen molar-refractivity contribution >= 4 is 11.7 Å². The van der Waals surface area contributed by atoms with Crippen molar-refractivity contribution in [3.8, 4) is 5.75 Å². The third-order valence-corrected chi connectivity index (χ3v) is 7.57. The lowest BCUT2D eigenvalue weighted by molar-refractivity contribution is 0.178. The maximum Gasteiger partial charge on any atom is 0.322 e. The molecule has 3 aromatic rings. The normalized spacial score (nSPS) is 15.8. The summed E-state index contributed by atoms with van der Waals surface area (Å²) in [5.41, 5.74) is 4.35. The molecule has 0 fully saturated rings. The topological polar surface area (TPSA) is 52.6 Å². The van der Waals surface area contributed by atoms with E-state index in [9.17, 15) is 18.7 Å². The van der Waals surface area contributed by atoms with E-state index in [-0.39, 0.29) is 34.9 Å². The lowest BCUT2D eigenvalue weighted by Gasteiger charge is -2.33. The standard InChI is InChI=1S/C33H40F2N2O2/c1-32(2,3)26-16-21(17-27(30(26)38)33(4,5)6)20-37(31(39)36-29-15-14-24(34)19-28(29)35)25-13-9-12-22-10-7-8-11-23(22)18-25/h7-8,10-11,14-17,19,25,38H,9,12-13,18,20H2,1-6H3,(H,36,39). The summed E-state index contributed by atoms with van der Waals surface area (Å²) in [6.07, 6.45) is 3.35. The lowest BCUT2D eigenvalue weighted by Crippen LogP contribution is -2.43. The number of nitrogens with one attached hydrogen (secondary N) is 1. The van der Waals surface area contributed by atoms with Crippen molar-refractivity contribution in [2.45, 2.75) is 90.6 Å². The first-order chi connectivity index (χ1) is 18.2. The van der Waals surface area contributed by atoms with Crippen molar-refractivity contribution < 1.29 is 18.7 Å². The van der Waals surface area contributed by atoms with Gasteiger partial charge in [0.2, 0.25) is 0 Å². The van der Waals surface area contributed by atoms with Crippen molar-refractivity contribution in [1.82, 2.24) is 4.90 Å². The number of hydrogen-bond donors (Lipinski definition) is 2. The SMILES string of the molecule is CC(C)(C)c1cc(CN(C(=O)Nc2ccc(F)cc2F)C2CCCc3ccccc3C2)cc(C(C)(C)C)c1O. The Morgan fingerprint density at radius 3 is 2.15 bits per heavy atom. The first kappa shape index (κ1) is 28.6. The Morgan fingerprint density at radius 1 is 0.949 bits per heavy atom. The van der Waals surface area contributed by atoms with E-state index in [1.807, 2.05) is 24.3 Å². The Balaban J connectivity index is 1.76. The van der Waals surface area contributed by atoms with Gasteiger partial charge in [0.05, 0.1) is 5.69 Å². The van der Waals surface area contributed by atoms with Crippen LogP contribution in [-0.2, 0) is 30.2 Å². The predicted octanol–water partition coefficient (Wildman–Crippen LogP) is 8.25. The van der Waals surface area contributed by atoms with Crippen molar-refractivity contribution in [3.05, 3.63) is 94.0 Å². The van der Waals surface area contributed by atoms with Gasteiger partial charge in [-0.25, -0.2) is 13.6 Å². The zero-order valence-corrected chi connectivity index (χ0v) is 23.9. The molecule has 0 saturated carbocycles. The molecule has 4 nitrogen and oxygen atoms in total. The van der Waals surface area contributed by atoms with E-state index in [1.54, 1.807) is 4.90 Å². The van der Waals surface area contributed by atoms with Crippen LogP contribution < -0.4 is 5.32 Å². The van der Waals surface area contributed by atoms with Gasteiger partial charge in [-0.3, -0.25) is 0 Å². The van der Waals surface area contributed by atoms with E-state index in [0.717, 1.165) is 48.1 Å². The third-order valence-electron chi connectivity index (χ3n) is 7.57. The maximum absolute atomic E-state index is 14.5. The molecule has 208 valence electrons. The van der Waals surface area contributed by atoms with E-state index in [1.165, 1.54) is 17.2 Å². The predicted molar refractivity (Wildman–Crippen MR) is 153 cm³/mol. The average molecular weight is 535 g/mol. The van der Waals surface area contributed by atoms with Crippen LogP contribution in [0.4, 0.5) is 19.3 Å². The second kappa shape index (κ2) is 11.0. The van der Waals surface area contributed by atoms with E-state index in [0.29, 0.717) is 6.42 Å². The number of aromatic hydroxyl groups is 1. The Labute approximate surface area is 231 Å². The van der Waals surface area contributed by atoms with Crippen LogP contribution in [0, 0.1) is 11.6 Å². The highest BCUT2D eigenvalue weighted by Crippen LogP contribution is 2.40. The molecule has 2 amide bonds. The molecule has 0 bridgehead atoms. The van der Waals surface area contributed by atoms with Crippen LogP contribution in [0.2, 0.25) is 0 Å². The number of carbonyl (C=O) groups is 1. The minimum absolute atomic E-state index is 0.0584. The Hall–Kier alpha value is -3.41. The zero-order valence-electron chi connectivity index (χ0n) is 23.9. The minimum Gasteiger partial charge on any atom is -0.507 e. The number of benzene rings is 3. The zero-order chi connectivity index (χ0) is 28.5. The number of phenols is 1. The fourth-order valence-electron chi connectivity index (χ4n) is 5.42. The van der Waals surface area contributed by atoms with Crippen molar-refractivity contribution in [2.75, 3.05) is 5.32 Å². The molecule has 0 aliphatic heterocycles. The van der Waals surface area contributed by atoms with E-state index in [4.69, 9.17) is 0 Å². The van der Waals surface area contributed by atoms with Crippen LogP contribution in [0.1, 0.15) is 82.2 Å². The summed E-state index contributed by atoms with van der Waals surface area (Å²) in [6.45, 7) is 12.6. The van der Waals surface area contributed by atoms with Gasteiger partial charge in [0, 0.05) is 18.7 Å². The third kappa shape index (κ3) is 6.60. The second-order valence-electron chi connectivity index (χ2n) is 12.7. The summed E-state index contributed by atoms with van der Waals surface area (Å²) in [4.78, 5) is 15.6. The highest BCUT2D eigenvalue weighted by atomic mass is 19.1. The number of aryl methyl sites for hydroxylation is 1. The van der Waals surface area contributed by atoms with Crippen LogP contribution in [-0.4, -0.2) is 22.1 Å². The van der Waals surface area contributed by atoms with Crippen LogP contribution in [0.3, 0.4) is 0 Å². The van der Waals surface area contributed by atoms with Crippen LogP contribution in [0.15, 0.2) is 54.6 Å². The monoisotopic (exact) mass is 534 g/mol. The second-order valence-corrected chi connectivity index (χ2v) is 12.7. The number of hydrogen-bond acceptors (Lipinski definition) is 2. The van der Waals surface area contributed by atoms with Gasteiger partial charge in [0.15, 0.2) is 0 Å². The number of urea groups is 1. The summed E-state index contributed by atoms with van der Waals surface area (Å²) >= 11 is 0. The van der Waals surface area contributed by atoms with Crippen molar-refractivity contribution in [3.63, 3.8) is 0 Å². The molecule has 39 heavy (non-hydrogen) atoms. The summed E-state index contributed by atoms with van der Waals surface area (Å²) in [5, 5.41) is 13.9. The van der Waals surface area contributed by atoms with E-state index >= 15 is 0 Å². The summed E-state index contributed by atoms with van der Waals surface area (Å²) in [5.74, 6) is -1.23. The average Bonchev–Trinajstić information content (AvgIpc) is 3.06. The van der Waals surface area contributed by atoms with Gasteiger partial charge in [0.1, 0.15) is 17.4 Å². The quantitative estimate of drug-likeness (QED) is 0.331. The first-order valence-corrected chi connectivity index (χ1v) is 13.7. The number of halogens is 2. The maximum atomic E-state index is 14.5. The van der Waals surface area contributed by atoms with Gasteiger partial charge in [-0.05, 0) is 88.6 Å². The first-order valence-electron chi connectivity index (χ1n) is 13.7. The van der Waals surface area contributed by atoms with E-state index in [2.05, 4.69) is 59.0 Å². The van der Waals surface area contributed by atoms with Crippen LogP contribution in [0.5, 0.6) is 5.75 Å². The number of fused-ring (bicyclic) bond motifs is 1. The molecule has 1 unspecified atom stereocenters. The molecule has 0 spiro atoms. The molecule has 1 aliphatic rings.